The number of hydrogen-bond donors (Lipinski definition) is 1. The van der Waals surface area contributed by atoms with Gasteiger partial charge in [0.2, 0.25) is 15.9 Å². The van der Waals surface area contributed by atoms with Crippen LogP contribution in [0.4, 0.5) is 5.69 Å². The van der Waals surface area contributed by atoms with E-state index in [1.807, 2.05) is 6.92 Å². The summed E-state index contributed by atoms with van der Waals surface area (Å²) in [6.07, 6.45) is 2.91. The molecular formula is C24H28N4O5S. The van der Waals surface area contributed by atoms with Crippen molar-refractivity contribution in [3.63, 3.8) is 0 Å². The number of anilines is 1. The third-order valence-electron chi connectivity index (χ3n) is 5.95. The number of rotatable bonds is 7. The van der Waals surface area contributed by atoms with Gasteiger partial charge < -0.3 is 10.1 Å². The number of ether oxygens (including phenoxy) is 1. The number of aromatic nitrogens is 2. The van der Waals surface area contributed by atoms with E-state index in [0.29, 0.717) is 42.6 Å². The Morgan fingerprint density at radius 3 is 2.65 bits per heavy atom. The highest BCUT2D eigenvalue weighted by atomic mass is 32.2. The molecule has 0 unspecified atom stereocenters. The van der Waals surface area contributed by atoms with Gasteiger partial charge in [-0.1, -0.05) is 19.1 Å². The fourth-order valence-electron chi connectivity index (χ4n) is 3.98. The molecule has 34 heavy (non-hydrogen) atoms. The van der Waals surface area contributed by atoms with E-state index in [1.54, 1.807) is 24.3 Å². The van der Waals surface area contributed by atoms with Crippen LogP contribution in [-0.4, -0.2) is 47.9 Å². The van der Waals surface area contributed by atoms with Crippen LogP contribution < -0.4 is 15.6 Å². The molecule has 1 fully saturated rings. The molecule has 0 bridgehead atoms. The molecule has 180 valence electrons. The summed E-state index contributed by atoms with van der Waals surface area (Å²) in [6, 6.07) is 11.4. The molecule has 1 N–H and O–H groups in total. The molecule has 0 radical (unpaired) electrons. The van der Waals surface area contributed by atoms with Crippen LogP contribution in [0.25, 0.3) is 10.9 Å². The average Bonchev–Trinajstić information content (AvgIpc) is 2.82. The topological polar surface area (TPSA) is 111 Å². The summed E-state index contributed by atoms with van der Waals surface area (Å²) >= 11 is 0. The Morgan fingerprint density at radius 2 is 1.91 bits per heavy atom. The van der Waals surface area contributed by atoms with E-state index >= 15 is 0 Å². The number of carbonyl (C=O) groups excluding carboxylic acids is 1. The number of sulfonamides is 1. The maximum Gasteiger partial charge on any atom is 0.261 e. The van der Waals surface area contributed by atoms with Gasteiger partial charge in [0.25, 0.3) is 5.56 Å². The van der Waals surface area contributed by atoms with Crippen LogP contribution in [0, 0.1) is 5.92 Å². The van der Waals surface area contributed by atoms with Gasteiger partial charge in [-0.15, -0.1) is 0 Å². The predicted octanol–water partition coefficient (Wildman–Crippen LogP) is 2.85. The lowest BCUT2D eigenvalue weighted by Gasteiger charge is -2.29. The van der Waals surface area contributed by atoms with E-state index in [1.165, 1.54) is 33.4 Å². The van der Waals surface area contributed by atoms with Crippen LogP contribution in [-0.2, 0) is 21.4 Å². The van der Waals surface area contributed by atoms with Crippen molar-refractivity contribution in [1.29, 1.82) is 0 Å². The smallest absolute Gasteiger partial charge is 0.261 e. The molecule has 2 heterocycles. The Balaban J connectivity index is 1.59. The van der Waals surface area contributed by atoms with Gasteiger partial charge in [0.15, 0.2) is 0 Å². The van der Waals surface area contributed by atoms with Crippen molar-refractivity contribution in [2.24, 2.45) is 5.92 Å². The Hall–Kier alpha value is -3.24. The number of piperidine rings is 1. The molecule has 0 spiro atoms. The Bertz CT molecular complexity index is 1360. The van der Waals surface area contributed by atoms with Crippen molar-refractivity contribution in [2.75, 3.05) is 25.0 Å². The molecule has 0 atom stereocenters. The van der Waals surface area contributed by atoms with Crippen LogP contribution in [0.3, 0.4) is 0 Å². The SMILES string of the molecule is CCOc1ccccc1NC(=O)Cn1cnc2ccc(S(=O)(=O)N3CCC(C)CC3)cc2c1=O. The number of hydrogen-bond acceptors (Lipinski definition) is 6. The van der Waals surface area contributed by atoms with Crippen molar-refractivity contribution in [3.05, 3.63) is 59.1 Å². The van der Waals surface area contributed by atoms with Gasteiger partial charge in [-0.3, -0.25) is 14.2 Å². The molecule has 2 aromatic carbocycles. The molecule has 1 saturated heterocycles. The third kappa shape index (κ3) is 4.97. The largest absolute Gasteiger partial charge is 0.492 e. The number of para-hydroxylation sites is 2. The summed E-state index contributed by atoms with van der Waals surface area (Å²) in [5, 5.41) is 2.90. The minimum atomic E-state index is -3.72. The summed E-state index contributed by atoms with van der Waals surface area (Å²) in [5.74, 6) is 0.594. The van der Waals surface area contributed by atoms with Gasteiger partial charge in [-0.25, -0.2) is 13.4 Å². The summed E-state index contributed by atoms with van der Waals surface area (Å²) < 4.78 is 34.4. The first kappa shape index (κ1) is 23.9. The summed E-state index contributed by atoms with van der Waals surface area (Å²) in [4.78, 5) is 30.0. The third-order valence-corrected chi connectivity index (χ3v) is 7.85. The first-order valence-electron chi connectivity index (χ1n) is 11.3. The maximum absolute atomic E-state index is 13.1. The molecule has 1 amide bonds. The second-order valence-electron chi connectivity index (χ2n) is 8.42. The minimum absolute atomic E-state index is 0.0568. The zero-order valence-electron chi connectivity index (χ0n) is 19.2. The number of benzene rings is 2. The monoisotopic (exact) mass is 484 g/mol. The standard InChI is InChI=1S/C24H28N4O5S/c1-3-33-22-7-5-4-6-21(22)26-23(29)15-27-16-25-20-9-8-18(14-19(20)24(27)30)34(31,32)28-12-10-17(2)11-13-28/h4-9,14,16-17H,3,10-13,15H2,1-2H3,(H,26,29). The Labute approximate surface area is 198 Å². The number of nitrogens with one attached hydrogen (secondary N) is 1. The van der Waals surface area contributed by atoms with Crippen LogP contribution >= 0.6 is 0 Å². The van der Waals surface area contributed by atoms with Crippen LogP contribution in [0.1, 0.15) is 26.7 Å². The highest BCUT2D eigenvalue weighted by molar-refractivity contribution is 7.89. The highest BCUT2D eigenvalue weighted by Gasteiger charge is 2.28. The molecule has 4 rings (SSSR count). The molecule has 1 aliphatic rings. The fourth-order valence-corrected chi connectivity index (χ4v) is 5.48. The van der Waals surface area contributed by atoms with Crippen LogP contribution in [0.5, 0.6) is 5.75 Å². The van der Waals surface area contributed by atoms with Gasteiger partial charge in [-0.05, 0) is 56.0 Å². The molecular weight excluding hydrogens is 456 g/mol. The van der Waals surface area contributed by atoms with Gasteiger partial charge in [-0.2, -0.15) is 4.31 Å². The number of amides is 1. The van der Waals surface area contributed by atoms with E-state index in [4.69, 9.17) is 4.74 Å². The Morgan fingerprint density at radius 1 is 1.18 bits per heavy atom. The maximum atomic E-state index is 13.1. The predicted molar refractivity (Wildman–Crippen MR) is 129 cm³/mol. The van der Waals surface area contributed by atoms with Crippen molar-refractivity contribution in [3.8, 4) is 5.75 Å². The zero-order chi connectivity index (χ0) is 24.3. The number of carbonyl (C=O) groups is 1. The lowest BCUT2D eigenvalue weighted by molar-refractivity contribution is -0.116. The molecule has 3 aromatic rings. The van der Waals surface area contributed by atoms with Gasteiger partial charge in [0.1, 0.15) is 12.3 Å². The van der Waals surface area contributed by atoms with Gasteiger partial charge in [0, 0.05) is 13.1 Å². The first-order chi connectivity index (χ1) is 16.3. The number of nitrogens with zero attached hydrogens (tertiary/aromatic N) is 3. The van der Waals surface area contributed by atoms with Gasteiger partial charge >= 0.3 is 0 Å². The van der Waals surface area contributed by atoms with Crippen LogP contribution in [0.2, 0.25) is 0 Å². The second kappa shape index (κ2) is 9.94. The summed E-state index contributed by atoms with van der Waals surface area (Å²) in [7, 11) is -3.72. The highest BCUT2D eigenvalue weighted by Crippen LogP contribution is 2.25. The average molecular weight is 485 g/mol. The molecule has 0 aliphatic carbocycles. The normalized spacial score (nSPS) is 15.4. The Kier molecular flexibility index (Phi) is 6.99. The fraction of sp³-hybridized carbons (Fsp3) is 0.375. The summed E-state index contributed by atoms with van der Waals surface area (Å²) in [6.45, 7) is 5.05. The van der Waals surface area contributed by atoms with Crippen LogP contribution in [0.15, 0.2) is 58.5 Å². The second-order valence-corrected chi connectivity index (χ2v) is 10.4. The number of fused-ring (bicyclic) bond motifs is 1. The summed E-state index contributed by atoms with van der Waals surface area (Å²) in [5.41, 5.74) is 0.387. The van der Waals surface area contributed by atoms with E-state index in [0.717, 1.165) is 12.8 Å². The quantitative estimate of drug-likeness (QED) is 0.552. The lowest BCUT2D eigenvalue weighted by atomic mass is 10.0. The molecule has 1 aliphatic heterocycles. The van der Waals surface area contributed by atoms with Crippen molar-refractivity contribution >= 4 is 32.5 Å². The van der Waals surface area contributed by atoms with Crippen molar-refractivity contribution in [2.45, 2.75) is 38.1 Å². The molecule has 9 nitrogen and oxygen atoms in total. The minimum Gasteiger partial charge on any atom is -0.492 e. The van der Waals surface area contributed by atoms with Gasteiger partial charge in [0.05, 0.1) is 34.4 Å². The molecule has 1 aromatic heterocycles. The molecule has 0 saturated carbocycles. The van der Waals surface area contributed by atoms with E-state index < -0.39 is 21.5 Å². The van der Waals surface area contributed by atoms with E-state index in [2.05, 4.69) is 17.2 Å². The lowest BCUT2D eigenvalue weighted by Crippen LogP contribution is -2.38. The molecule has 10 heteroatoms. The van der Waals surface area contributed by atoms with E-state index in [9.17, 15) is 18.0 Å². The van der Waals surface area contributed by atoms with Crippen molar-refractivity contribution in [1.82, 2.24) is 13.9 Å². The van der Waals surface area contributed by atoms with E-state index in [-0.39, 0.29) is 16.8 Å². The zero-order valence-corrected chi connectivity index (χ0v) is 20.0. The first-order valence-corrected chi connectivity index (χ1v) is 12.7. The van der Waals surface area contributed by atoms with Crippen molar-refractivity contribution < 1.29 is 17.9 Å².